The van der Waals surface area contributed by atoms with E-state index < -0.39 is 0 Å². The van der Waals surface area contributed by atoms with Crippen LogP contribution in [0.15, 0.2) is 33.3 Å². The number of hydrogen-bond donors (Lipinski definition) is 1. The predicted octanol–water partition coefficient (Wildman–Crippen LogP) is 2.86. The van der Waals surface area contributed by atoms with Crippen molar-refractivity contribution >= 4 is 21.8 Å². The molecule has 2 atom stereocenters. The van der Waals surface area contributed by atoms with Crippen molar-refractivity contribution in [3.8, 4) is 11.4 Å². The molecule has 7 nitrogen and oxygen atoms in total. The summed E-state index contributed by atoms with van der Waals surface area (Å²) in [5.41, 5.74) is 0.905. The number of piperidine rings is 1. The third kappa shape index (κ3) is 5.60. The van der Waals surface area contributed by atoms with Crippen molar-refractivity contribution in [2.75, 3.05) is 26.8 Å². The molecule has 146 valence electrons. The lowest BCUT2D eigenvalue weighted by Gasteiger charge is -2.31. The van der Waals surface area contributed by atoms with Crippen LogP contribution in [0.4, 0.5) is 0 Å². The van der Waals surface area contributed by atoms with Gasteiger partial charge in [0.1, 0.15) is 0 Å². The van der Waals surface area contributed by atoms with Crippen LogP contribution < -0.4 is 5.32 Å². The summed E-state index contributed by atoms with van der Waals surface area (Å²) in [7, 11) is 1.64. The van der Waals surface area contributed by atoms with Crippen LogP contribution in [-0.4, -0.2) is 53.8 Å². The Bertz CT molecular complexity index is 767. The van der Waals surface area contributed by atoms with E-state index >= 15 is 0 Å². The third-order valence-corrected chi connectivity index (χ3v) is 5.08. The Morgan fingerprint density at radius 1 is 1.52 bits per heavy atom. The number of nitrogens with zero attached hydrogens (tertiary/aromatic N) is 3. The second-order valence-electron chi connectivity index (χ2n) is 6.96. The summed E-state index contributed by atoms with van der Waals surface area (Å²) < 4.78 is 11.5. The highest BCUT2D eigenvalue weighted by molar-refractivity contribution is 9.10. The van der Waals surface area contributed by atoms with E-state index in [1.165, 1.54) is 0 Å². The predicted molar refractivity (Wildman–Crippen MR) is 105 cm³/mol. The molecule has 2 heterocycles. The van der Waals surface area contributed by atoms with Gasteiger partial charge in [-0.3, -0.25) is 9.69 Å². The van der Waals surface area contributed by atoms with E-state index in [2.05, 4.69) is 36.3 Å². The van der Waals surface area contributed by atoms with Crippen molar-refractivity contribution in [1.29, 1.82) is 0 Å². The SMILES string of the molecule is COCC(C)NC(=O)C1CCCN(Cc2nc(-c3cccc(Br)c3)no2)C1. The minimum Gasteiger partial charge on any atom is -0.383 e. The standard InChI is InChI=1S/C19H25BrN4O3/c1-13(12-26-2)21-19(25)15-6-4-8-24(10-15)11-17-22-18(23-27-17)14-5-3-7-16(20)9-14/h3,5,7,9,13,15H,4,6,8,10-12H2,1-2H3,(H,21,25). The summed E-state index contributed by atoms with van der Waals surface area (Å²) in [5.74, 6) is 1.21. The highest BCUT2D eigenvalue weighted by Crippen LogP contribution is 2.22. The van der Waals surface area contributed by atoms with Gasteiger partial charge in [0.15, 0.2) is 0 Å². The Balaban J connectivity index is 1.57. The first-order valence-corrected chi connectivity index (χ1v) is 9.94. The molecule has 1 aliphatic heterocycles. The summed E-state index contributed by atoms with van der Waals surface area (Å²) >= 11 is 3.45. The van der Waals surface area contributed by atoms with Crippen molar-refractivity contribution in [3.05, 3.63) is 34.6 Å². The van der Waals surface area contributed by atoms with Crippen molar-refractivity contribution in [3.63, 3.8) is 0 Å². The number of carbonyl (C=O) groups is 1. The quantitative estimate of drug-likeness (QED) is 0.718. The fourth-order valence-corrected chi connectivity index (χ4v) is 3.72. The molecular formula is C19H25BrN4O3. The molecule has 2 aromatic rings. The van der Waals surface area contributed by atoms with Gasteiger partial charge in [-0.05, 0) is 38.4 Å². The average Bonchev–Trinajstić information content (AvgIpc) is 3.10. The lowest BCUT2D eigenvalue weighted by Crippen LogP contribution is -2.46. The van der Waals surface area contributed by atoms with Crippen molar-refractivity contribution in [2.45, 2.75) is 32.4 Å². The third-order valence-electron chi connectivity index (χ3n) is 4.59. The number of rotatable bonds is 7. The van der Waals surface area contributed by atoms with E-state index in [1.54, 1.807) is 7.11 Å². The Morgan fingerprint density at radius 2 is 2.37 bits per heavy atom. The number of ether oxygens (including phenoxy) is 1. The Labute approximate surface area is 167 Å². The van der Waals surface area contributed by atoms with E-state index in [0.29, 0.717) is 31.4 Å². The molecule has 1 aromatic carbocycles. The molecule has 8 heteroatoms. The molecule has 1 aromatic heterocycles. The zero-order chi connectivity index (χ0) is 19.2. The van der Waals surface area contributed by atoms with Crippen LogP contribution in [-0.2, 0) is 16.1 Å². The van der Waals surface area contributed by atoms with Gasteiger partial charge >= 0.3 is 0 Å². The molecule has 0 radical (unpaired) electrons. The number of methoxy groups -OCH3 is 1. The van der Waals surface area contributed by atoms with Gasteiger partial charge in [0.2, 0.25) is 17.6 Å². The van der Waals surface area contributed by atoms with E-state index in [-0.39, 0.29) is 17.9 Å². The van der Waals surface area contributed by atoms with E-state index in [1.807, 2.05) is 31.2 Å². The second kappa shape index (κ2) is 9.43. The van der Waals surface area contributed by atoms with Gasteiger partial charge in [-0.1, -0.05) is 33.2 Å². The number of aromatic nitrogens is 2. The largest absolute Gasteiger partial charge is 0.383 e. The summed E-state index contributed by atoms with van der Waals surface area (Å²) in [5, 5.41) is 7.10. The topological polar surface area (TPSA) is 80.5 Å². The maximum absolute atomic E-state index is 12.5. The molecule has 2 unspecified atom stereocenters. The maximum Gasteiger partial charge on any atom is 0.241 e. The van der Waals surface area contributed by atoms with Crippen molar-refractivity contribution in [1.82, 2.24) is 20.4 Å². The Hall–Kier alpha value is -1.77. The van der Waals surface area contributed by atoms with Gasteiger partial charge in [-0.15, -0.1) is 0 Å². The minimum absolute atomic E-state index is 0.0153. The molecule has 1 fully saturated rings. The lowest BCUT2D eigenvalue weighted by molar-refractivity contribution is -0.127. The second-order valence-corrected chi connectivity index (χ2v) is 7.88. The van der Waals surface area contributed by atoms with Crippen molar-refractivity contribution < 1.29 is 14.1 Å². The fraction of sp³-hybridized carbons (Fsp3) is 0.526. The van der Waals surface area contributed by atoms with E-state index in [9.17, 15) is 4.79 Å². The maximum atomic E-state index is 12.5. The number of amides is 1. The number of halogens is 1. The summed E-state index contributed by atoms with van der Waals surface area (Å²) in [6.45, 7) is 4.64. The Kier molecular flexibility index (Phi) is 6.98. The molecular weight excluding hydrogens is 412 g/mol. The highest BCUT2D eigenvalue weighted by Gasteiger charge is 2.27. The van der Waals surface area contributed by atoms with E-state index in [4.69, 9.17) is 9.26 Å². The normalized spacial score (nSPS) is 19.0. The fourth-order valence-electron chi connectivity index (χ4n) is 3.32. The summed E-state index contributed by atoms with van der Waals surface area (Å²) in [6.07, 6.45) is 1.87. The first-order valence-electron chi connectivity index (χ1n) is 9.15. The molecule has 0 saturated carbocycles. The molecule has 27 heavy (non-hydrogen) atoms. The number of likely N-dealkylation sites (tertiary alicyclic amines) is 1. The Morgan fingerprint density at radius 3 is 3.15 bits per heavy atom. The first-order chi connectivity index (χ1) is 13.0. The number of benzene rings is 1. The van der Waals surface area contributed by atoms with Gasteiger partial charge in [-0.2, -0.15) is 4.98 Å². The molecule has 1 aliphatic rings. The van der Waals surface area contributed by atoms with Crippen LogP contribution in [0, 0.1) is 5.92 Å². The zero-order valence-corrected chi connectivity index (χ0v) is 17.2. The molecule has 3 rings (SSSR count). The van der Waals surface area contributed by atoms with Crippen molar-refractivity contribution in [2.24, 2.45) is 5.92 Å². The van der Waals surface area contributed by atoms with E-state index in [0.717, 1.165) is 29.4 Å². The molecule has 0 aliphatic carbocycles. The van der Waals surface area contributed by atoms with Crippen LogP contribution in [0.25, 0.3) is 11.4 Å². The van der Waals surface area contributed by atoms with Crippen LogP contribution in [0.2, 0.25) is 0 Å². The molecule has 0 spiro atoms. The molecule has 1 saturated heterocycles. The monoisotopic (exact) mass is 436 g/mol. The van der Waals surface area contributed by atoms with Gasteiger partial charge in [0, 0.05) is 29.7 Å². The lowest BCUT2D eigenvalue weighted by atomic mass is 9.97. The van der Waals surface area contributed by atoms with Gasteiger partial charge in [0.25, 0.3) is 0 Å². The van der Waals surface area contributed by atoms with Crippen LogP contribution in [0.3, 0.4) is 0 Å². The smallest absolute Gasteiger partial charge is 0.241 e. The highest BCUT2D eigenvalue weighted by atomic mass is 79.9. The average molecular weight is 437 g/mol. The van der Waals surface area contributed by atoms with Gasteiger partial charge < -0.3 is 14.6 Å². The summed E-state index contributed by atoms with van der Waals surface area (Å²) in [6, 6.07) is 7.81. The first kappa shape index (κ1) is 20.0. The van der Waals surface area contributed by atoms with Gasteiger partial charge in [-0.25, -0.2) is 0 Å². The summed E-state index contributed by atoms with van der Waals surface area (Å²) in [4.78, 5) is 19.2. The van der Waals surface area contributed by atoms with Gasteiger partial charge in [0.05, 0.1) is 19.1 Å². The van der Waals surface area contributed by atoms with Crippen LogP contribution in [0.1, 0.15) is 25.7 Å². The zero-order valence-electron chi connectivity index (χ0n) is 15.7. The van der Waals surface area contributed by atoms with Crippen LogP contribution in [0.5, 0.6) is 0 Å². The molecule has 1 N–H and O–H groups in total. The molecule has 0 bridgehead atoms. The number of carbonyl (C=O) groups excluding carboxylic acids is 1. The number of hydrogen-bond acceptors (Lipinski definition) is 6. The van der Waals surface area contributed by atoms with Crippen LogP contribution >= 0.6 is 15.9 Å². The number of nitrogens with one attached hydrogen (secondary N) is 1. The minimum atomic E-state index is -0.0227. The molecule has 1 amide bonds.